The molecule has 0 bridgehead atoms. The third kappa shape index (κ3) is 2.64. The number of nitrogens with two attached hydrogens (primary N) is 1. The molecule has 2 fully saturated rings. The Bertz CT molecular complexity index is 873. The van der Waals surface area contributed by atoms with Gasteiger partial charge in [-0.3, -0.25) is 9.36 Å². The van der Waals surface area contributed by atoms with Gasteiger partial charge < -0.3 is 15.4 Å². The van der Waals surface area contributed by atoms with Crippen LogP contribution in [0.4, 0.5) is 5.95 Å². The van der Waals surface area contributed by atoms with Crippen molar-refractivity contribution in [3.8, 4) is 0 Å². The van der Waals surface area contributed by atoms with Crippen LogP contribution in [-0.4, -0.2) is 35.9 Å². The van der Waals surface area contributed by atoms with Gasteiger partial charge >= 0.3 is 0 Å². The molecule has 0 saturated carbocycles. The van der Waals surface area contributed by atoms with Gasteiger partial charge in [-0.1, -0.05) is 6.07 Å². The van der Waals surface area contributed by atoms with Crippen molar-refractivity contribution >= 4 is 16.9 Å². The lowest BCUT2D eigenvalue weighted by atomic mass is 9.77. The predicted molar refractivity (Wildman–Crippen MR) is 99.0 cm³/mol. The maximum absolute atomic E-state index is 12.9. The first-order chi connectivity index (χ1) is 11.9. The van der Waals surface area contributed by atoms with E-state index in [1.165, 1.54) is 0 Å². The summed E-state index contributed by atoms with van der Waals surface area (Å²) in [7, 11) is 1.81. The highest BCUT2D eigenvalue weighted by molar-refractivity contribution is 5.83. The number of fused-ring (bicyclic) bond motifs is 1. The van der Waals surface area contributed by atoms with Crippen LogP contribution >= 0.6 is 0 Å². The molecule has 0 aliphatic carbocycles. The largest absolute Gasteiger partial charge is 0.380 e. The molecule has 2 aliphatic rings. The number of hydrogen-bond donors (Lipinski definition) is 1. The first-order valence-electron chi connectivity index (χ1n) is 9.00. The fraction of sp³-hybridized carbons (Fsp3) is 0.579. The first-order valence-corrected chi connectivity index (χ1v) is 9.00. The normalized spacial score (nSPS) is 20.7. The molecule has 1 spiro atoms. The van der Waals surface area contributed by atoms with Crippen LogP contribution in [0.3, 0.4) is 0 Å². The average molecular weight is 342 g/mol. The van der Waals surface area contributed by atoms with Crippen LogP contribution in [0, 0.1) is 12.3 Å². The maximum atomic E-state index is 12.9. The third-order valence-corrected chi connectivity index (χ3v) is 5.74. The van der Waals surface area contributed by atoms with E-state index in [4.69, 9.17) is 15.5 Å². The fourth-order valence-corrected chi connectivity index (χ4v) is 4.03. The van der Waals surface area contributed by atoms with Crippen molar-refractivity contribution in [2.45, 2.75) is 32.7 Å². The zero-order valence-electron chi connectivity index (χ0n) is 15.2. The lowest BCUT2D eigenvalue weighted by molar-refractivity contribution is -0.124. The van der Waals surface area contributed by atoms with Crippen molar-refractivity contribution < 1.29 is 4.74 Å². The summed E-state index contributed by atoms with van der Waals surface area (Å²) in [6, 6.07) is 3.80. The smallest absolute Gasteiger partial charge is 0.262 e. The molecule has 4 rings (SSSR count). The van der Waals surface area contributed by atoms with Gasteiger partial charge in [-0.2, -0.15) is 0 Å². The van der Waals surface area contributed by atoms with Gasteiger partial charge in [-0.15, -0.1) is 0 Å². The number of aromatic nitrogens is 2. The van der Waals surface area contributed by atoms with E-state index in [9.17, 15) is 4.79 Å². The van der Waals surface area contributed by atoms with E-state index in [-0.39, 0.29) is 11.6 Å². The molecular formula is C19H26N4O2. The van der Waals surface area contributed by atoms with Gasteiger partial charge in [-0.25, -0.2) is 4.98 Å². The summed E-state index contributed by atoms with van der Waals surface area (Å²) in [5, 5.41) is 0.652. The van der Waals surface area contributed by atoms with E-state index in [0.717, 1.165) is 61.7 Å². The lowest BCUT2D eigenvalue weighted by Crippen LogP contribution is -2.51. The summed E-state index contributed by atoms with van der Waals surface area (Å²) in [6.45, 7) is 7.50. The van der Waals surface area contributed by atoms with Gasteiger partial charge in [0.05, 0.1) is 24.1 Å². The van der Waals surface area contributed by atoms with E-state index in [0.29, 0.717) is 10.8 Å². The molecule has 2 aromatic rings. The van der Waals surface area contributed by atoms with Gasteiger partial charge in [0.15, 0.2) is 0 Å². The number of anilines is 1. The van der Waals surface area contributed by atoms with Crippen LogP contribution in [-0.2, 0) is 11.8 Å². The van der Waals surface area contributed by atoms with Crippen molar-refractivity contribution in [1.82, 2.24) is 9.55 Å². The van der Waals surface area contributed by atoms with Crippen LogP contribution in [0.2, 0.25) is 0 Å². The predicted octanol–water partition coefficient (Wildman–Crippen LogP) is 1.88. The highest BCUT2D eigenvalue weighted by Crippen LogP contribution is 2.39. The van der Waals surface area contributed by atoms with Crippen LogP contribution in [0.1, 0.15) is 36.9 Å². The molecule has 2 saturated heterocycles. The summed E-state index contributed by atoms with van der Waals surface area (Å²) < 4.78 is 7.09. The maximum Gasteiger partial charge on any atom is 0.262 e. The van der Waals surface area contributed by atoms with Crippen molar-refractivity contribution in [3.05, 3.63) is 33.6 Å². The molecule has 1 aromatic carbocycles. The number of ether oxygens (including phenoxy) is 1. The topological polar surface area (TPSA) is 73.4 Å². The number of nitrogens with zero attached hydrogens (tertiary/aromatic N) is 3. The van der Waals surface area contributed by atoms with Gasteiger partial charge in [0.1, 0.15) is 0 Å². The van der Waals surface area contributed by atoms with Crippen LogP contribution in [0.15, 0.2) is 16.9 Å². The molecule has 6 nitrogen and oxygen atoms in total. The molecule has 1 unspecified atom stereocenters. The molecule has 2 N–H and O–H groups in total. The van der Waals surface area contributed by atoms with Crippen LogP contribution in [0.5, 0.6) is 0 Å². The number of piperidine rings is 1. The van der Waals surface area contributed by atoms with Crippen molar-refractivity contribution in [1.29, 1.82) is 0 Å². The van der Waals surface area contributed by atoms with E-state index < -0.39 is 0 Å². The molecule has 1 aromatic heterocycles. The summed E-state index contributed by atoms with van der Waals surface area (Å²) >= 11 is 0. The fourth-order valence-electron chi connectivity index (χ4n) is 4.03. The molecule has 134 valence electrons. The summed E-state index contributed by atoms with van der Waals surface area (Å²) in [5.74, 6) is 0.748. The number of benzene rings is 1. The minimum atomic E-state index is -0.161. The molecular weight excluding hydrogens is 316 g/mol. The molecule has 1 atom stereocenters. The van der Waals surface area contributed by atoms with Gasteiger partial charge in [0.2, 0.25) is 5.95 Å². The zero-order valence-corrected chi connectivity index (χ0v) is 15.2. The Labute approximate surface area is 147 Å². The standard InChI is InChI=1S/C19H26N4O2/c1-12-8-14(13(2)20)16-15(9-12)17(24)22(3)18(21-16)23-6-4-19(5-7-23)10-25-11-19/h8-9,13H,4-7,10-11,20H2,1-3H3. The highest BCUT2D eigenvalue weighted by Gasteiger charge is 2.41. The third-order valence-electron chi connectivity index (χ3n) is 5.74. The number of rotatable bonds is 2. The Hall–Kier alpha value is -1.92. The second-order valence-electron chi connectivity index (χ2n) is 7.79. The monoisotopic (exact) mass is 342 g/mol. The Morgan fingerprint density at radius 3 is 2.52 bits per heavy atom. The Balaban J connectivity index is 1.79. The molecule has 3 heterocycles. The molecule has 6 heteroatoms. The second-order valence-corrected chi connectivity index (χ2v) is 7.79. The van der Waals surface area contributed by atoms with Gasteiger partial charge in [0.25, 0.3) is 5.56 Å². The van der Waals surface area contributed by atoms with Crippen LogP contribution in [0.25, 0.3) is 10.9 Å². The van der Waals surface area contributed by atoms with Crippen molar-refractivity contribution in [3.63, 3.8) is 0 Å². The molecule has 25 heavy (non-hydrogen) atoms. The minimum absolute atomic E-state index is 0.00198. The van der Waals surface area contributed by atoms with E-state index >= 15 is 0 Å². The van der Waals surface area contributed by atoms with E-state index in [1.54, 1.807) is 4.57 Å². The Morgan fingerprint density at radius 2 is 1.96 bits per heavy atom. The Morgan fingerprint density at radius 1 is 1.28 bits per heavy atom. The first kappa shape index (κ1) is 16.5. The molecule has 0 amide bonds. The second kappa shape index (κ2) is 5.81. The quantitative estimate of drug-likeness (QED) is 0.902. The lowest BCUT2D eigenvalue weighted by Gasteiger charge is -2.47. The van der Waals surface area contributed by atoms with Crippen molar-refractivity contribution in [2.75, 3.05) is 31.2 Å². The van der Waals surface area contributed by atoms with Gasteiger partial charge in [-0.05, 0) is 43.9 Å². The summed E-state index contributed by atoms with van der Waals surface area (Å²) in [5.41, 5.74) is 9.23. The Kier molecular flexibility index (Phi) is 3.85. The highest BCUT2D eigenvalue weighted by atomic mass is 16.5. The zero-order chi connectivity index (χ0) is 17.8. The minimum Gasteiger partial charge on any atom is -0.380 e. The van der Waals surface area contributed by atoms with Crippen molar-refractivity contribution in [2.24, 2.45) is 18.2 Å². The number of aryl methyl sites for hydroxylation is 1. The average Bonchev–Trinajstić information content (AvgIpc) is 2.56. The summed E-state index contributed by atoms with van der Waals surface area (Å²) in [6.07, 6.45) is 2.18. The van der Waals surface area contributed by atoms with Crippen LogP contribution < -0.4 is 16.2 Å². The van der Waals surface area contributed by atoms with E-state index in [1.807, 2.05) is 33.0 Å². The van der Waals surface area contributed by atoms with Gasteiger partial charge in [0, 0.05) is 31.6 Å². The summed E-state index contributed by atoms with van der Waals surface area (Å²) in [4.78, 5) is 20.1. The van der Waals surface area contributed by atoms with E-state index in [2.05, 4.69) is 4.90 Å². The molecule has 2 aliphatic heterocycles. The molecule has 0 radical (unpaired) electrons. The number of hydrogen-bond acceptors (Lipinski definition) is 5. The SMILES string of the molecule is Cc1cc(C(C)N)c2nc(N3CCC4(CC3)COC4)n(C)c(=O)c2c1.